The van der Waals surface area contributed by atoms with Gasteiger partial charge in [-0.3, -0.25) is 9.59 Å². The third kappa shape index (κ3) is 7.36. The van der Waals surface area contributed by atoms with Crippen LogP contribution in [0, 0.1) is 0 Å². The quantitative estimate of drug-likeness (QED) is 0.478. The molecule has 0 radical (unpaired) electrons. The van der Waals surface area contributed by atoms with E-state index in [9.17, 15) is 18.0 Å². The number of carbonyl (C=O) groups excluding carboxylic acids is 2. The Labute approximate surface area is 150 Å². The molecule has 0 aliphatic rings. The van der Waals surface area contributed by atoms with Crippen molar-refractivity contribution in [2.75, 3.05) is 25.9 Å². The van der Waals surface area contributed by atoms with Gasteiger partial charge in [0, 0.05) is 38.5 Å². The van der Waals surface area contributed by atoms with Gasteiger partial charge in [-0.2, -0.15) is 0 Å². The van der Waals surface area contributed by atoms with E-state index >= 15 is 0 Å². The highest BCUT2D eigenvalue weighted by molar-refractivity contribution is 7.89. The second-order valence-electron chi connectivity index (χ2n) is 5.90. The normalized spacial score (nSPS) is 11.5. The monoisotopic (exact) mass is 368 g/mol. The summed E-state index contributed by atoms with van der Waals surface area (Å²) in [5.74, 6) is -0.178. The van der Waals surface area contributed by atoms with Gasteiger partial charge in [0.25, 0.3) is 0 Å². The Kier molecular flexibility index (Phi) is 8.78. The summed E-state index contributed by atoms with van der Waals surface area (Å²) < 4.78 is 24.5. The molecule has 1 N–H and O–H groups in total. The fraction of sp³-hybridized carbons (Fsp3) is 0.556. The number of amides is 1. The molecule has 0 saturated heterocycles. The molecular weight excluding hydrogens is 340 g/mol. The van der Waals surface area contributed by atoms with Crippen LogP contribution in [0.5, 0.6) is 0 Å². The summed E-state index contributed by atoms with van der Waals surface area (Å²) in [6.07, 6.45) is 1.76. The maximum atomic E-state index is 12.1. The molecule has 0 unspecified atom stereocenters. The summed E-state index contributed by atoms with van der Waals surface area (Å²) in [7, 11) is -1.65. The van der Waals surface area contributed by atoms with E-state index in [1.165, 1.54) is 16.9 Å². The number of aryl methyl sites for hydroxylation is 1. The van der Waals surface area contributed by atoms with Crippen LogP contribution < -0.4 is 5.32 Å². The second-order valence-corrected chi connectivity index (χ2v) is 8.26. The van der Waals surface area contributed by atoms with Crippen molar-refractivity contribution in [2.45, 2.75) is 39.5 Å². The molecule has 0 fully saturated rings. The van der Waals surface area contributed by atoms with Crippen LogP contribution in [0.3, 0.4) is 0 Å². The van der Waals surface area contributed by atoms with Gasteiger partial charge >= 0.3 is 0 Å². The summed E-state index contributed by atoms with van der Waals surface area (Å²) >= 11 is 0. The first-order chi connectivity index (χ1) is 11.8. The average Bonchev–Trinajstić information content (AvgIpc) is 2.62. The van der Waals surface area contributed by atoms with Crippen molar-refractivity contribution in [1.82, 2.24) is 9.62 Å². The Hall–Kier alpha value is -1.73. The van der Waals surface area contributed by atoms with Gasteiger partial charge in [-0.05, 0) is 25.3 Å². The fourth-order valence-corrected chi connectivity index (χ4v) is 3.12. The van der Waals surface area contributed by atoms with Gasteiger partial charge in [0.1, 0.15) is 0 Å². The highest BCUT2D eigenvalue weighted by atomic mass is 32.2. The van der Waals surface area contributed by atoms with E-state index in [0.29, 0.717) is 25.1 Å². The highest BCUT2D eigenvalue weighted by Gasteiger charge is 2.14. The SMILES string of the molecule is CCc1ccc(C(=O)CCC(=O)NCCCN(C)S(=O)(=O)CC)cc1. The first kappa shape index (κ1) is 21.3. The molecule has 0 saturated carbocycles. The zero-order valence-corrected chi connectivity index (χ0v) is 16.1. The molecule has 0 aromatic heterocycles. The molecule has 25 heavy (non-hydrogen) atoms. The Morgan fingerprint density at radius 2 is 1.72 bits per heavy atom. The minimum Gasteiger partial charge on any atom is -0.356 e. The zero-order valence-electron chi connectivity index (χ0n) is 15.2. The number of sulfonamides is 1. The Balaban J connectivity index is 2.27. The number of nitrogens with one attached hydrogen (secondary N) is 1. The van der Waals surface area contributed by atoms with Gasteiger partial charge in [0.2, 0.25) is 15.9 Å². The number of carbonyl (C=O) groups is 2. The molecule has 1 amide bonds. The number of rotatable bonds is 11. The van der Waals surface area contributed by atoms with Crippen LogP contribution in [-0.2, 0) is 21.2 Å². The summed E-state index contributed by atoms with van der Waals surface area (Å²) in [6, 6.07) is 7.44. The van der Waals surface area contributed by atoms with Crippen LogP contribution in [0.25, 0.3) is 0 Å². The Morgan fingerprint density at radius 1 is 1.08 bits per heavy atom. The summed E-state index contributed by atoms with van der Waals surface area (Å²) in [5, 5.41) is 2.72. The summed E-state index contributed by atoms with van der Waals surface area (Å²) in [6.45, 7) is 4.40. The van der Waals surface area contributed by atoms with E-state index in [2.05, 4.69) is 12.2 Å². The van der Waals surface area contributed by atoms with Crippen LogP contribution in [0.2, 0.25) is 0 Å². The molecular formula is C18H28N2O4S. The van der Waals surface area contributed by atoms with Gasteiger partial charge in [-0.15, -0.1) is 0 Å². The van der Waals surface area contributed by atoms with Gasteiger partial charge in [0.05, 0.1) is 5.75 Å². The van der Waals surface area contributed by atoms with Crippen LogP contribution >= 0.6 is 0 Å². The van der Waals surface area contributed by atoms with E-state index in [4.69, 9.17) is 0 Å². The van der Waals surface area contributed by atoms with E-state index in [1.54, 1.807) is 19.1 Å². The van der Waals surface area contributed by atoms with Crippen molar-refractivity contribution in [3.63, 3.8) is 0 Å². The highest BCUT2D eigenvalue weighted by Crippen LogP contribution is 2.08. The Bertz CT molecular complexity index is 669. The molecule has 1 aromatic rings. The zero-order chi connectivity index (χ0) is 18.9. The number of Topliss-reactive ketones (excluding diaryl/α,β-unsaturated/α-hetero) is 1. The van der Waals surface area contributed by atoms with Gasteiger partial charge in [-0.25, -0.2) is 12.7 Å². The van der Waals surface area contributed by atoms with Crippen LogP contribution in [0.15, 0.2) is 24.3 Å². The lowest BCUT2D eigenvalue weighted by Gasteiger charge is -2.15. The third-order valence-electron chi connectivity index (χ3n) is 4.07. The van der Waals surface area contributed by atoms with Crippen molar-refractivity contribution >= 4 is 21.7 Å². The largest absolute Gasteiger partial charge is 0.356 e. The van der Waals surface area contributed by atoms with E-state index in [-0.39, 0.29) is 30.3 Å². The van der Waals surface area contributed by atoms with E-state index in [0.717, 1.165) is 6.42 Å². The predicted molar refractivity (Wildman–Crippen MR) is 99.1 cm³/mol. The van der Waals surface area contributed by atoms with E-state index in [1.807, 2.05) is 12.1 Å². The number of benzene rings is 1. The van der Waals surface area contributed by atoms with Crippen LogP contribution in [0.1, 0.15) is 49.0 Å². The first-order valence-corrected chi connectivity index (χ1v) is 10.2. The molecule has 0 aliphatic carbocycles. The summed E-state index contributed by atoms with van der Waals surface area (Å²) in [4.78, 5) is 23.8. The summed E-state index contributed by atoms with van der Waals surface area (Å²) in [5.41, 5.74) is 1.79. The Morgan fingerprint density at radius 3 is 2.28 bits per heavy atom. The van der Waals surface area contributed by atoms with Crippen LogP contribution in [-0.4, -0.2) is 50.3 Å². The number of hydrogen-bond donors (Lipinski definition) is 1. The molecule has 140 valence electrons. The molecule has 7 heteroatoms. The maximum absolute atomic E-state index is 12.1. The van der Waals surface area contributed by atoms with Crippen molar-refractivity contribution in [3.8, 4) is 0 Å². The van der Waals surface area contributed by atoms with Gasteiger partial charge < -0.3 is 5.32 Å². The van der Waals surface area contributed by atoms with Crippen molar-refractivity contribution in [1.29, 1.82) is 0 Å². The van der Waals surface area contributed by atoms with Gasteiger partial charge in [0.15, 0.2) is 5.78 Å². The molecule has 1 aromatic carbocycles. The number of hydrogen-bond acceptors (Lipinski definition) is 4. The van der Waals surface area contributed by atoms with E-state index < -0.39 is 10.0 Å². The van der Waals surface area contributed by atoms with Gasteiger partial charge in [-0.1, -0.05) is 31.2 Å². The lowest BCUT2D eigenvalue weighted by Crippen LogP contribution is -2.32. The lowest BCUT2D eigenvalue weighted by atomic mass is 10.0. The van der Waals surface area contributed by atoms with Crippen molar-refractivity contribution < 1.29 is 18.0 Å². The van der Waals surface area contributed by atoms with Crippen LogP contribution in [0.4, 0.5) is 0 Å². The molecule has 6 nitrogen and oxygen atoms in total. The van der Waals surface area contributed by atoms with Crippen molar-refractivity contribution in [3.05, 3.63) is 35.4 Å². The molecule has 0 spiro atoms. The first-order valence-electron chi connectivity index (χ1n) is 8.63. The number of nitrogens with zero attached hydrogens (tertiary/aromatic N) is 1. The topological polar surface area (TPSA) is 83.6 Å². The third-order valence-corrected chi connectivity index (χ3v) is 5.94. The minimum atomic E-state index is -3.18. The molecule has 0 atom stereocenters. The smallest absolute Gasteiger partial charge is 0.220 e. The number of ketones is 1. The molecule has 0 bridgehead atoms. The predicted octanol–water partition coefficient (Wildman–Crippen LogP) is 2.00. The molecule has 1 rings (SSSR count). The molecule has 0 heterocycles. The fourth-order valence-electron chi connectivity index (χ4n) is 2.28. The minimum absolute atomic E-state index is 0.0495. The average molecular weight is 368 g/mol. The maximum Gasteiger partial charge on any atom is 0.220 e. The second kappa shape index (κ2) is 10.3. The molecule has 0 aliphatic heterocycles. The lowest BCUT2D eigenvalue weighted by molar-refractivity contribution is -0.121. The standard InChI is InChI=1S/C18H28N2O4S/c1-4-15-7-9-16(10-8-15)17(21)11-12-18(22)19-13-6-14-20(3)25(23,24)5-2/h7-10H,4-6,11-14H2,1-3H3,(H,19,22). The van der Waals surface area contributed by atoms with Crippen molar-refractivity contribution in [2.24, 2.45) is 0 Å².